The van der Waals surface area contributed by atoms with Crippen LogP contribution in [-0.2, 0) is 15.1 Å². The molecular weight excluding hydrogens is 377 g/mol. The van der Waals surface area contributed by atoms with Gasteiger partial charge < -0.3 is 9.84 Å². The Morgan fingerprint density at radius 1 is 1.29 bits per heavy atom. The number of carbonyl (C=O) groups excluding carboxylic acids is 2. The van der Waals surface area contributed by atoms with Gasteiger partial charge in [0.05, 0.1) is 6.04 Å². The van der Waals surface area contributed by atoms with Gasteiger partial charge in [-0.2, -0.15) is 0 Å². The molecule has 0 radical (unpaired) electrons. The van der Waals surface area contributed by atoms with Crippen molar-refractivity contribution in [1.29, 1.82) is 0 Å². The van der Waals surface area contributed by atoms with Gasteiger partial charge in [-0.3, -0.25) is 9.69 Å². The number of fused-ring (bicyclic) bond motifs is 2. The van der Waals surface area contributed by atoms with Crippen LogP contribution in [0, 0.1) is 0 Å². The quantitative estimate of drug-likeness (QED) is 0.785. The number of amides is 1. The van der Waals surface area contributed by atoms with Crippen LogP contribution in [-0.4, -0.2) is 44.4 Å². The first-order chi connectivity index (χ1) is 11.2. The van der Waals surface area contributed by atoms with Gasteiger partial charge in [0, 0.05) is 25.3 Å². The third-order valence-electron chi connectivity index (χ3n) is 4.56. The first-order valence-electron chi connectivity index (χ1n) is 7.52. The van der Waals surface area contributed by atoms with Crippen LogP contribution < -0.4 is 0 Å². The van der Waals surface area contributed by atoms with E-state index < -0.39 is 34.2 Å². The number of piperidine rings is 1. The fourth-order valence-corrected chi connectivity index (χ4v) is 3.77. The summed E-state index contributed by atoms with van der Waals surface area (Å²) in [5.74, 6) is 0.0160. The van der Waals surface area contributed by atoms with Crippen LogP contribution in [0.2, 0.25) is 0 Å². The molecule has 2 bridgehead atoms. The fourth-order valence-electron chi connectivity index (χ4n) is 3.61. The largest absolute Gasteiger partial charge is 0.445 e. The van der Waals surface area contributed by atoms with E-state index in [0.29, 0.717) is 5.56 Å². The molecule has 5 nitrogen and oxygen atoms in total. The van der Waals surface area contributed by atoms with Gasteiger partial charge >= 0.3 is 6.09 Å². The average Bonchev–Trinajstić information content (AvgIpc) is 2.70. The maximum absolute atomic E-state index is 12.4. The van der Waals surface area contributed by atoms with Crippen molar-refractivity contribution in [2.75, 3.05) is 6.61 Å². The summed E-state index contributed by atoms with van der Waals surface area (Å²) in [6, 6.07) is 7.92. The molecule has 2 fully saturated rings. The summed E-state index contributed by atoms with van der Waals surface area (Å²) in [6.07, 6.45) is -0.147. The zero-order valence-corrected chi connectivity index (χ0v) is 14.9. The summed E-state index contributed by atoms with van der Waals surface area (Å²) in [4.78, 5) is 25.8. The minimum absolute atomic E-state index is 0.0160. The van der Waals surface area contributed by atoms with Gasteiger partial charge in [0.25, 0.3) is 0 Å². The number of ether oxygens (including phenoxy) is 1. The number of alkyl halides is 3. The number of nitrogens with zero attached hydrogens (tertiary/aromatic N) is 1. The van der Waals surface area contributed by atoms with Crippen LogP contribution in [0.1, 0.15) is 24.8 Å². The van der Waals surface area contributed by atoms with Gasteiger partial charge in [-0.15, -0.1) is 0 Å². The molecule has 24 heavy (non-hydrogen) atoms. The Morgan fingerprint density at radius 3 is 2.58 bits per heavy atom. The monoisotopic (exact) mass is 391 g/mol. The van der Waals surface area contributed by atoms with E-state index in [2.05, 4.69) is 0 Å². The van der Waals surface area contributed by atoms with Crippen LogP contribution in [0.5, 0.6) is 0 Å². The fraction of sp³-hybridized carbons (Fsp3) is 0.500. The molecule has 2 aliphatic rings. The van der Waals surface area contributed by atoms with Crippen molar-refractivity contribution in [2.45, 2.75) is 40.7 Å². The summed E-state index contributed by atoms with van der Waals surface area (Å²) in [6.45, 7) is -0.399. The van der Waals surface area contributed by atoms with Crippen molar-refractivity contribution in [1.82, 2.24) is 4.90 Å². The third kappa shape index (κ3) is 3.36. The highest BCUT2D eigenvalue weighted by molar-refractivity contribution is 6.67. The zero-order valence-electron chi connectivity index (χ0n) is 12.6. The number of rotatable bonds is 2. The van der Waals surface area contributed by atoms with Crippen molar-refractivity contribution in [2.24, 2.45) is 0 Å². The number of halogens is 3. The van der Waals surface area contributed by atoms with Gasteiger partial charge in [-0.05, 0) is 5.56 Å². The topological polar surface area (TPSA) is 66.8 Å². The molecule has 0 unspecified atom stereocenters. The second-order valence-corrected chi connectivity index (χ2v) is 8.70. The van der Waals surface area contributed by atoms with Gasteiger partial charge in [-0.1, -0.05) is 65.1 Å². The Labute approximate surface area is 154 Å². The molecule has 2 heterocycles. The Morgan fingerprint density at radius 2 is 1.96 bits per heavy atom. The minimum atomic E-state index is -1.71. The summed E-state index contributed by atoms with van der Waals surface area (Å²) in [7, 11) is 0. The normalized spacial score (nSPS) is 29.7. The van der Waals surface area contributed by atoms with E-state index in [0.717, 1.165) is 0 Å². The minimum Gasteiger partial charge on any atom is -0.445 e. The molecule has 1 aromatic carbocycles. The molecule has 1 N–H and O–H groups in total. The van der Waals surface area contributed by atoms with Crippen LogP contribution in [0.3, 0.4) is 0 Å². The molecule has 3 rings (SSSR count). The first kappa shape index (κ1) is 17.8. The van der Waals surface area contributed by atoms with Crippen LogP contribution in [0.25, 0.3) is 0 Å². The van der Waals surface area contributed by atoms with E-state index in [1.807, 2.05) is 18.2 Å². The first-order valence-corrected chi connectivity index (χ1v) is 8.65. The molecular formula is C16H16Cl3NO4. The molecule has 1 amide bonds. The van der Waals surface area contributed by atoms with Crippen LogP contribution in [0.15, 0.2) is 30.3 Å². The molecule has 0 aliphatic carbocycles. The highest BCUT2D eigenvalue weighted by atomic mass is 35.6. The van der Waals surface area contributed by atoms with E-state index >= 15 is 0 Å². The number of ketones is 1. The van der Waals surface area contributed by atoms with E-state index in [1.165, 1.54) is 4.90 Å². The Hall–Kier alpha value is -1.01. The maximum atomic E-state index is 12.4. The average molecular weight is 393 g/mol. The molecule has 0 saturated carbocycles. The van der Waals surface area contributed by atoms with Crippen molar-refractivity contribution < 1.29 is 19.4 Å². The molecule has 130 valence electrons. The molecule has 2 saturated heterocycles. The van der Waals surface area contributed by atoms with E-state index in [9.17, 15) is 14.7 Å². The highest BCUT2D eigenvalue weighted by Crippen LogP contribution is 2.47. The second-order valence-electron chi connectivity index (χ2n) is 6.19. The smallest absolute Gasteiger partial charge is 0.410 e. The van der Waals surface area contributed by atoms with Gasteiger partial charge in [0.2, 0.25) is 3.79 Å². The van der Waals surface area contributed by atoms with Crippen molar-refractivity contribution in [3.05, 3.63) is 35.9 Å². The molecule has 3 atom stereocenters. The lowest BCUT2D eigenvalue weighted by molar-refractivity contribution is -0.124. The zero-order chi connectivity index (χ0) is 17.5. The lowest BCUT2D eigenvalue weighted by Gasteiger charge is -2.37. The number of Topliss-reactive ketones (excluding diaryl/α,β-unsaturated/α-hetero) is 1. The third-order valence-corrected chi connectivity index (χ3v) is 4.88. The lowest BCUT2D eigenvalue weighted by Crippen LogP contribution is -2.51. The maximum Gasteiger partial charge on any atom is 0.410 e. The number of carbonyl (C=O) groups is 2. The second kappa shape index (κ2) is 6.37. The molecule has 1 aromatic rings. The van der Waals surface area contributed by atoms with Crippen molar-refractivity contribution >= 4 is 46.7 Å². The van der Waals surface area contributed by atoms with Crippen LogP contribution in [0.4, 0.5) is 4.79 Å². The number of benzene rings is 1. The van der Waals surface area contributed by atoms with E-state index in [-0.39, 0.29) is 25.0 Å². The predicted molar refractivity (Wildman–Crippen MR) is 90.2 cm³/mol. The Bertz CT molecular complexity index is 648. The van der Waals surface area contributed by atoms with Gasteiger partial charge in [0.1, 0.15) is 18.0 Å². The van der Waals surface area contributed by atoms with Gasteiger partial charge in [-0.25, -0.2) is 4.79 Å². The van der Waals surface area contributed by atoms with Crippen molar-refractivity contribution in [3.63, 3.8) is 0 Å². The molecule has 0 spiro atoms. The van der Waals surface area contributed by atoms with E-state index in [1.54, 1.807) is 12.1 Å². The number of hydrogen-bond donors (Lipinski definition) is 1. The van der Waals surface area contributed by atoms with E-state index in [4.69, 9.17) is 39.5 Å². The summed E-state index contributed by atoms with van der Waals surface area (Å²) in [5.41, 5.74) is -0.622. The standard InChI is InChI=1S/C16H16Cl3NO4/c17-16(18,19)9-24-14(22)20-11-6-12(21)7-13(20)15(23,8-11)10-4-2-1-3-5-10/h1-5,11,13,23H,6-9H2/t11-,13+,15+/m1/s1. The number of hydrogen-bond acceptors (Lipinski definition) is 4. The molecule has 0 aromatic heterocycles. The Balaban J connectivity index is 1.87. The lowest BCUT2D eigenvalue weighted by atomic mass is 9.85. The molecule has 2 aliphatic heterocycles. The SMILES string of the molecule is O=C1C[C@@H]2C[C@](O)(c3ccccc3)[C@H](C1)N2C(=O)OCC(Cl)(Cl)Cl. The highest BCUT2D eigenvalue weighted by Gasteiger charge is 2.58. The summed E-state index contributed by atoms with van der Waals surface area (Å²) in [5, 5.41) is 11.2. The number of aliphatic hydroxyl groups is 1. The van der Waals surface area contributed by atoms with Crippen LogP contribution >= 0.6 is 34.8 Å². The summed E-state index contributed by atoms with van der Waals surface area (Å²) < 4.78 is 3.35. The Kier molecular flexibility index (Phi) is 4.73. The van der Waals surface area contributed by atoms with Gasteiger partial charge in [0.15, 0.2) is 0 Å². The summed E-state index contributed by atoms with van der Waals surface area (Å²) >= 11 is 16.8. The predicted octanol–water partition coefficient (Wildman–Crippen LogP) is 3.19. The molecule has 8 heteroatoms. The van der Waals surface area contributed by atoms with Crippen molar-refractivity contribution in [3.8, 4) is 0 Å².